The predicted octanol–water partition coefficient (Wildman–Crippen LogP) is 4.75. The molecule has 2 fully saturated rings. The molecule has 4 aliphatic rings. The number of nitrogens with zero attached hydrogens (tertiary/aromatic N) is 2. The summed E-state index contributed by atoms with van der Waals surface area (Å²) in [5.41, 5.74) is 0.357. The standard InChI is InChI=1S/C33H43N2O6P/c1-34-29(36)25-14-8-10-22(27(25)31(34)38)16-18-33(24-12-6-5-7-13-24,40-20-21-41-42(3)4)19-17-23-11-9-15-26-28(23)32(39)35(2)30(26)37/h5-13,22-23,25-28H,14-21H2,1-4H3. The van der Waals surface area contributed by atoms with Crippen LogP contribution in [0.4, 0.5) is 0 Å². The van der Waals surface area contributed by atoms with E-state index in [1.165, 1.54) is 9.80 Å². The molecule has 2 aliphatic heterocycles. The van der Waals surface area contributed by atoms with Gasteiger partial charge in [0.1, 0.15) is 0 Å². The third-order valence-corrected chi connectivity index (χ3v) is 10.4. The molecule has 0 saturated carbocycles. The van der Waals surface area contributed by atoms with Crippen LogP contribution in [0.15, 0.2) is 54.6 Å². The van der Waals surface area contributed by atoms with Crippen molar-refractivity contribution < 1.29 is 28.4 Å². The molecular formula is C33H43N2O6P. The van der Waals surface area contributed by atoms with Crippen LogP contribution in [0.3, 0.4) is 0 Å². The Morgan fingerprint density at radius 2 is 1.26 bits per heavy atom. The van der Waals surface area contributed by atoms with E-state index in [0.717, 1.165) is 5.56 Å². The maximum absolute atomic E-state index is 13.1. The van der Waals surface area contributed by atoms with Gasteiger partial charge >= 0.3 is 0 Å². The molecule has 6 unspecified atom stereocenters. The molecule has 226 valence electrons. The molecule has 5 rings (SSSR count). The number of allylic oxidation sites excluding steroid dienone is 4. The lowest BCUT2D eigenvalue weighted by Gasteiger charge is -2.38. The van der Waals surface area contributed by atoms with Crippen molar-refractivity contribution in [2.75, 3.05) is 40.6 Å². The Balaban J connectivity index is 1.41. The Labute approximate surface area is 250 Å². The highest BCUT2D eigenvalue weighted by Crippen LogP contribution is 2.46. The van der Waals surface area contributed by atoms with Gasteiger partial charge in [-0.2, -0.15) is 0 Å². The van der Waals surface area contributed by atoms with Crippen molar-refractivity contribution in [2.45, 2.75) is 44.1 Å². The molecule has 0 spiro atoms. The maximum Gasteiger partial charge on any atom is 0.233 e. The molecule has 9 heteroatoms. The van der Waals surface area contributed by atoms with Crippen LogP contribution in [-0.4, -0.2) is 74.1 Å². The summed E-state index contributed by atoms with van der Waals surface area (Å²) in [5, 5.41) is 0. The minimum Gasteiger partial charge on any atom is -0.368 e. The average molecular weight is 595 g/mol. The topological polar surface area (TPSA) is 93.2 Å². The largest absolute Gasteiger partial charge is 0.368 e. The molecule has 0 N–H and O–H groups in total. The van der Waals surface area contributed by atoms with E-state index in [2.05, 4.69) is 37.6 Å². The Hall–Kier alpha value is -2.67. The number of ether oxygens (including phenoxy) is 1. The second kappa shape index (κ2) is 12.9. The summed E-state index contributed by atoms with van der Waals surface area (Å²) in [6.07, 6.45) is 12.2. The van der Waals surface area contributed by atoms with E-state index < -0.39 is 13.7 Å². The normalized spacial score (nSPS) is 30.3. The summed E-state index contributed by atoms with van der Waals surface area (Å²) in [4.78, 5) is 54.3. The first kappa shape index (κ1) is 30.8. The molecule has 0 bridgehead atoms. The molecule has 4 amide bonds. The Bertz CT molecular complexity index is 1180. The zero-order chi connectivity index (χ0) is 30.0. The molecule has 2 heterocycles. The second-order valence-corrected chi connectivity index (χ2v) is 14.2. The number of fused-ring (bicyclic) bond motifs is 2. The molecular weight excluding hydrogens is 551 g/mol. The minimum atomic E-state index is -0.689. The first-order valence-electron chi connectivity index (χ1n) is 15.1. The van der Waals surface area contributed by atoms with Crippen LogP contribution in [0.1, 0.15) is 44.1 Å². The smallest absolute Gasteiger partial charge is 0.233 e. The van der Waals surface area contributed by atoms with Crippen LogP contribution in [-0.2, 0) is 34.0 Å². The highest BCUT2D eigenvalue weighted by atomic mass is 31.1. The van der Waals surface area contributed by atoms with Crippen LogP contribution in [0.5, 0.6) is 0 Å². The fourth-order valence-electron chi connectivity index (χ4n) is 7.50. The first-order chi connectivity index (χ1) is 20.1. The molecule has 42 heavy (non-hydrogen) atoms. The molecule has 2 aliphatic carbocycles. The lowest BCUT2D eigenvalue weighted by Crippen LogP contribution is -2.36. The third-order valence-electron chi connectivity index (χ3n) is 9.74. The van der Waals surface area contributed by atoms with Crippen molar-refractivity contribution in [2.24, 2.45) is 35.5 Å². The lowest BCUT2D eigenvalue weighted by atomic mass is 9.71. The van der Waals surface area contributed by atoms with Crippen molar-refractivity contribution in [1.82, 2.24) is 9.80 Å². The number of rotatable bonds is 12. The van der Waals surface area contributed by atoms with Gasteiger partial charge in [-0.15, -0.1) is 0 Å². The maximum atomic E-state index is 13.1. The Morgan fingerprint density at radius 3 is 1.74 bits per heavy atom. The molecule has 8 nitrogen and oxygen atoms in total. The van der Waals surface area contributed by atoms with Crippen LogP contribution in [0.25, 0.3) is 0 Å². The summed E-state index contributed by atoms with van der Waals surface area (Å²) in [7, 11) is 2.65. The highest BCUT2D eigenvalue weighted by molar-refractivity contribution is 7.50. The van der Waals surface area contributed by atoms with Crippen molar-refractivity contribution in [3.8, 4) is 0 Å². The Kier molecular flexibility index (Phi) is 9.46. The number of likely N-dealkylation sites (tertiary alicyclic amines) is 2. The van der Waals surface area contributed by atoms with E-state index >= 15 is 0 Å². The van der Waals surface area contributed by atoms with Crippen LogP contribution >= 0.6 is 8.15 Å². The SMILES string of the molecule is CN1C(=O)C2CC=CC(CCC(CCC3C=CCC4C(=O)N(C)C(=O)C34)(OCCOP(C)C)c3ccccc3)C2C1=O. The number of imide groups is 2. The van der Waals surface area contributed by atoms with E-state index in [-0.39, 0.29) is 59.1 Å². The first-order valence-corrected chi connectivity index (χ1v) is 17.3. The molecule has 6 atom stereocenters. The predicted molar refractivity (Wildman–Crippen MR) is 161 cm³/mol. The van der Waals surface area contributed by atoms with Crippen LogP contribution in [0, 0.1) is 35.5 Å². The molecule has 1 aromatic rings. The minimum absolute atomic E-state index is 0.0613. The second-order valence-electron chi connectivity index (χ2n) is 12.3. The van der Waals surface area contributed by atoms with Gasteiger partial charge in [-0.3, -0.25) is 29.0 Å². The van der Waals surface area contributed by atoms with Gasteiger partial charge in [-0.1, -0.05) is 54.6 Å². The summed E-state index contributed by atoms with van der Waals surface area (Å²) in [6, 6.07) is 10.2. The van der Waals surface area contributed by atoms with Gasteiger partial charge in [0.15, 0.2) is 0 Å². The van der Waals surface area contributed by atoms with Gasteiger partial charge < -0.3 is 9.26 Å². The molecule has 2 saturated heterocycles. The van der Waals surface area contributed by atoms with Crippen LogP contribution in [0.2, 0.25) is 0 Å². The fraction of sp³-hybridized carbons (Fsp3) is 0.576. The van der Waals surface area contributed by atoms with Crippen LogP contribution < -0.4 is 0 Å². The lowest BCUT2D eigenvalue weighted by molar-refractivity contribution is -0.139. The third kappa shape index (κ3) is 5.91. The Morgan fingerprint density at radius 1 is 0.762 bits per heavy atom. The molecule has 1 aromatic carbocycles. The number of benzene rings is 1. The van der Waals surface area contributed by atoms with Crippen molar-refractivity contribution in [3.05, 3.63) is 60.2 Å². The van der Waals surface area contributed by atoms with E-state index in [9.17, 15) is 19.2 Å². The molecule has 0 radical (unpaired) electrons. The quantitative estimate of drug-likeness (QED) is 0.150. The zero-order valence-electron chi connectivity index (χ0n) is 25.1. The van der Waals surface area contributed by atoms with Crippen molar-refractivity contribution in [1.29, 1.82) is 0 Å². The zero-order valence-corrected chi connectivity index (χ0v) is 26.0. The van der Waals surface area contributed by atoms with Gasteiger partial charge in [0.2, 0.25) is 23.6 Å². The number of carbonyl (C=O) groups is 4. The summed E-state index contributed by atoms with van der Waals surface area (Å²) in [6.45, 7) is 5.01. The average Bonchev–Trinajstić information content (AvgIpc) is 3.36. The van der Waals surface area contributed by atoms with E-state index in [4.69, 9.17) is 9.26 Å². The van der Waals surface area contributed by atoms with E-state index in [1.807, 2.05) is 30.4 Å². The van der Waals surface area contributed by atoms with Gasteiger partial charge in [-0.05, 0) is 69.3 Å². The number of hydrogen-bond donors (Lipinski definition) is 0. The molecule has 0 aromatic heterocycles. The van der Waals surface area contributed by atoms with Gasteiger partial charge in [0.25, 0.3) is 0 Å². The number of hydrogen-bond acceptors (Lipinski definition) is 6. The van der Waals surface area contributed by atoms with Gasteiger partial charge in [-0.25, -0.2) is 0 Å². The van der Waals surface area contributed by atoms with E-state index in [0.29, 0.717) is 51.7 Å². The monoisotopic (exact) mass is 594 g/mol. The van der Waals surface area contributed by atoms with Crippen molar-refractivity contribution in [3.63, 3.8) is 0 Å². The highest BCUT2D eigenvalue weighted by Gasteiger charge is 2.51. The summed E-state index contributed by atoms with van der Waals surface area (Å²) >= 11 is 0. The van der Waals surface area contributed by atoms with Gasteiger partial charge in [0.05, 0.1) is 42.5 Å². The number of amides is 4. The van der Waals surface area contributed by atoms with Crippen molar-refractivity contribution >= 4 is 31.8 Å². The number of carbonyl (C=O) groups excluding carboxylic acids is 4. The summed E-state index contributed by atoms with van der Waals surface area (Å²) < 4.78 is 12.7. The fourth-order valence-corrected chi connectivity index (χ4v) is 7.94. The van der Waals surface area contributed by atoms with Gasteiger partial charge in [0, 0.05) is 22.2 Å². The summed E-state index contributed by atoms with van der Waals surface area (Å²) in [5.74, 6) is -1.75. The van der Waals surface area contributed by atoms with E-state index in [1.54, 1.807) is 14.1 Å².